The van der Waals surface area contributed by atoms with Crippen LogP contribution in [0.1, 0.15) is 25.3 Å². The van der Waals surface area contributed by atoms with E-state index >= 15 is 0 Å². The maximum absolute atomic E-state index is 14.2. The lowest BCUT2D eigenvalue weighted by molar-refractivity contribution is -0.152. The van der Waals surface area contributed by atoms with Crippen molar-refractivity contribution in [2.75, 3.05) is 0 Å². The molecule has 1 heterocycles. The van der Waals surface area contributed by atoms with Crippen LogP contribution in [0.5, 0.6) is 0 Å². The van der Waals surface area contributed by atoms with Crippen LogP contribution in [-0.4, -0.2) is 16.1 Å². The lowest BCUT2D eigenvalue weighted by atomic mass is 9.93. The van der Waals surface area contributed by atoms with Crippen molar-refractivity contribution in [2.24, 2.45) is 0 Å². The number of carbonyl (C=O) groups is 1. The molecule has 0 saturated carbocycles. The first-order valence-electron chi connectivity index (χ1n) is 4.54. The Morgan fingerprint density at radius 3 is 2.80 bits per heavy atom. The smallest absolute Gasteiger partial charge is 0.346 e. The predicted molar refractivity (Wildman–Crippen MR) is 57.3 cm³/mol. The lowest BCUT2D eigenvalue weighted by Crippen LogP contribution is -2.30. The molecule has 3 nitrogen and oxygen atoms in total. The van der Waals surface area contributed by atoms with Gasteiger partial charge in [-0.3, -0.25) is 4.98 Å². The molecule has 0 fully saturated rings. The first kappa shape index (κ1) is 12.1. The summed E-state index contributed by atoms with van der Waals surface area (Å²) in [7, 11) is 0. The molecule has 0 spiro atoms. The molecule has 5 heteroatoms. The molecule has 1 rings (SSSR count). The van der Waals surface area contributed by atoms with Crippen LogP contribution in [0.25, 0.3) is 0 Å². The highest BCUT2D eigenvalue weighted by atomic mass is 79.9. The van der Waals surface area contributed by atoms with Crippen molar-refractivity contribution in [3.05, 3.63) is 28.5 Å². The SMILES string of the molecule is CCCC(F)(C(=O)O)c1cncc(Br)c1. The molecule has 1 N–H and O–H groups in total. The number of alkyl halides is 1. The van der Waals surface area contributed by atoms with Gasteiger partial charge in [0, 0.05) is 22.4 Å². The quantitative estimate of drug-likeness (QED) is 0.919. The van der Waals surface area contributed by atoms with Crippen LogP contribution >= 0.6 is 15.9 Å². The molecule has 0 aliphatic carbocycles. The van der Waals surface area contributed by atoms with Crippen LogP contribution in [0, 0.1) is 0 Å². The molecule has 0 aliphatic rings. The van der Waals surface area contributed by atoms with Crippen molar-refractivity contribution in [3.63, 3.8) is 0 Å². The van der Waals surface area contributed by atoms with E-state index in [4.69, 9.17) is 5.11 Å². The monoisotopic (exact) mass is 275 g/mol. The molecule has 0 radical (unpaired) electrons. The fourth-order valence-electron chi connectivity index (χ4n) is 1.35. The Morgan fingerprint density at radius 1 is 1.67 bits per heavy atom. The molecule has 1 unspecified atom stereocenters. The summed E-state index contributed by atoms with van der Waals surface area (Å²) in [4.78, 5) is 14.7. The van der Waals surface area contributed by atoms with Crippen LogP contribution < -0.4 is 0 Å². The first-order valence-corrected chi connectivity index (χ1v) is 5.33. The van der Waals surface area contributed by atoms with E-state index in [1.54, 1.807) is 6.92 Å². The Morgan fingerprint density at radius 2 is 2.33 bits per heavy atom. The van der Waals surface area contributed by atoms with Gasteiger partial charge in [-0.15, -0.1) is 0 Å². The number of pyridine rings is 1. The summed E-state index contributed by atoms with van der Waals surface area (Å²) in [6.07, 6.45) is 3.13. The van der Waals surface area contributed by atoms with E-state index in [1.807, 2.05) is 0 Å². The second kappa shape index (κ2) is 4.70. The Labute approximate surface area is 95.5 Å². The average Bonchev–Trinajstić information content (AvgIpc) is 2.17. The van der Waals surface area contributed by atoms with Gasteiger partial charge < -0.3 is 5.11 Å². The van der Waals surface area contributed by atoms with Crippen molar-refractivity contribution in [1.29, 1.82) is 0 Å². The van der Waals surface area contributed by atoms with Crippen molar-refractivity contribution in [2.45, 2.75) is 25.4 Å². The minimum atomic E-state index is -2.34. The van der Waals surface area contributed by atoms with Crippen LogP contribution in [0.15, 0.2) is 22.9 Å². The fourth-order valence-corrected chi connectivity index (χ4v) is 1.71. The van der Waals surface area contributed by atoms with Gasteiger partial charge in [-0.05, 0) is 28.4 Å². The summed E-state index contributed by atoms with van der Waals surface area (Å²) in [6, 6.07) is 1.44. The summed E-state index contributed by atoms with van der Waals surface area (Å²) in [5, 5.41) is 8.89. The second-order valence-corrected chi connectivity index (χ2v) is 4.16. The molecule has 0 aliphatic heterocycles. The van der Waals surface area contributed by atoms with Gasteiger partial charge in [-0.25, -0.2) is 9.18 Å². The maximum Gasteiger partial charge on any atom is 0.346 e. The molecule has 0 aromatic carbocycles. The standard InChI is InChI=1S/C10H11BrFNO2/c1-2-3-10(12,9(14)15)7-4-8(11)6-13-5-7/h4-6H,2-3H2,1H3,(H,14,15). The number of aliphatic carboxylic acids is 1. The van der Waals surface area contributed by atoms with Crippen molar-refractivity contribution in [3.8, 4) is 0 Å². The van der Waals surface area contributed by atoms with E-state index in [1.165, 1.54) is 18.5 Å². The van der Waals surface area contributed by atoms with Crippen molar-refractivity contribution < 1.29 is 14.3 Å². The molecule has 1 aromatic heterocycles. The molecule has 82 valence electrons. The van der Waals surface area contributed by atoms with Crippen LogP contribution in [-0.2, 0) is 10.5 Å². The van der Waals surface area contributed by atoms with Crippen LogP contribution in [0.2, 0.25) is 0 Å². The normalized spacial score (nSPS) is 14.6. The average molecular weight is 276 g/mol. The van der Waals surface area contributed by atoms with E-state index in [2.05, 4.69) is 20.9 Å². The van der Waals surface area contributed by atoms with Gasteiger partial charge in [0.15, 0.2) is 0 Å². The summed E-state index contributed by atoms with van der Waals surface area (Å²) >= 11 is 3.13. The highest BCUT2D eigenvalue weighted by molar-refractivity contribution is 9.10. The second-order valence-electron chi connectivity index (χ2n) is 3.25. The van der Waals surface area contributed by atoms with Gasteiger partial charge in [0.25, 0.3) is 0 Å². The van der Waals surface area contributed by atoms with E-state index in [9.17, 15) is 9.18 Å². The summed E-state index contributed by atoms with van der Waals surface area (Å²) in [5.74, 6) is -1.47. The van der Waals surface area contributed by atoms with Gasteiger partial charge in [-0.2, -0.15) is 0 Å². The van der Waals surface area contributed by atoms with Gasteiger partial charge >= 0.3 is 5.97 Å². The number of carboxylic acids is 1. The third-order valence-electron chi connectivity index (χ3n) is 2.10. The topological polar surface area (TPSA) is 50.2 Å². The number of halogens is 2. The van der Waals surface area contributed by atoms with Crippen molar-refractivity contribution >= 4 is 21.9 Å². The van der Waals surface area contributed by atoms with E-state index < -0.39 is 11.6 Å². The highest BCUT2D eigenvalue weighted by Gasteiger charge is 2.40. The number of carboxylic acid groups (broad SMARTS) is 1. The summed E-state index contributed by atoms with van der Waals surface area (Å²) in [6.45, 7) is 1.74. The van der Waals surface area contributed by atoms with Gasteiger partial charge in [-0.1, -0.05) is 13.3 Å². The third-order valence-corrected chi connectivity index (χ3v) is 2.53. The largest absolute Gasteiger partial charge is 0.479 e. The zero-order chi connectivity index (χ0) is 11.5. The fraction of sp³-hybridized carbons (Fsp3) is 0.400. The number of hydrogen-bond donors (Lipinski definition) is 1. The van der Waals surface area contributed by atoms with Crippen LogP contribution in [0.4, 0.5) is 4.39 Å². The Hall–Kier alpha value is -0.970. The van der Waals surface area contributed by atoms with E-state index in [0.29, 0.717) is 10.9 Å². The summed E-state index contributed by atoms with van der Waals surface area (Å²) in [5.41, 5.74) is -2.27. The molecule has 1 atom stereocenters. The molecule has 0 bridgehead atoms. The minimum absolute atomic E-state index is 0.0551. The number of aromatic nitrogens is 1. The van der Waals surface area contributed by atoms with E-state index in [0.717, 1.165) is 0 Å². The maximum atomic E-state index is 14.2. The van der Waals surface area contributed by atoms with Gasteiger partial charge in [0.2, 0.25) is 5.67 Å². The Kier molecular flexibility index (Phi) is 3.79. The van der Waals surface area contributed by atoms with Gasteiger partial charge in [0.05, 0.1) is 0 Å². The zero-order valence-corrected chi connectivity index (χ0v) is 9.79. The molecule has 15 heavy (non-hydrogen) atoms. The van der Waals surface area contributed by atoms with Gasteiger partial charge in [0.1, 0.15) is 0 Å². The Bertz CT molecular complexity index is 372. The van der Waals surface area contributed by atoms with E-state index in [-0.39, 0.29) is 12.0 Å². The highest BCUT2D eigenvalue weighted by Crippen LogP contribution is 2.32. The molecule has 0 saturated heterocycles. The lowest BCUT2D eigenvalue weighted by Gasteiger charge is -2.19. The zero-order valence-electron chi connectivity index (χ0n) is 8.20. The molecular weight excluding hydrogens is 265 g/mol. The Balaban J connectivity index is 3.15. The molecule has 1 aromatic rings. The summed E-state index contributed by atoms with van der Waals surface area (Å²) < 4.78 is 14.7. The number of rotatable bonds is 4. The third kappa shape index (κ3) is 2.53. The van der Waals surface area contributed by atoms with Crippen LogP contribution in [0.3, 0.4) is 0 Å². The number of nitrogens with zero attached hydrogens (tertiary/aromatic N) is 1. The van der Waals surface area contributed by atoms with Crippen molar-refractivity contribution in [1.82, 2.24) is 4.98 Å². The minimum Gasteiger partial charge on any atom is -0.479 e. The predicted octanol–water partition coefficient (Wildman–Crippen LogP) is 2.89. The first-order chi connectivity index (χ1) is 7.00. The number of hydrogen-bond acceptors (Lipinski definition) is 2. The molecular formula is C10H11BrFNO2. The molecule has 0 amide bonds.